The lowest BCUT2D eigenvalue weighted by Crippen LogP contribution is -2.49. The van der Waals surface area contributed by atoms with Gasteiger partial charge in [-0.05, 0) is 60.2 Å². The van der Waals surface area contributed by atoms with Crippen molar-refractivity contribution in [1.29, 1.82) is 0 Å². The van der Waals surface area contributed by atoms with Gasteiger partial charge < -0.3 is 14.5 Å². The van der Waals surface area contributed by atoms with Crippen molar-refractivity contribution in [3.8, 4) is 5.75 Å². The van der Waals surface area contributed by atoms with Gasteiger partial charge in [-0.25, -0.2) is 0 Å². The molecule has 0 fully saturated rings. The van der Waals surface area contributed by atoms with Crippen molar-refractivity contribution in [2.24, 2.45) is 5.92 Å². The van der Waals surface area contributed by atoms with Crippen LogP contribution in [0, 0.1) is 5.92 Å². The Balaban J connectivity index is 1.85. The third-order valence-electron chi connectivity index (χ3n) is 6.07. The summed E-state index contributed by atoms with van der Waals surface area (Å²) in [6, 6.07) is 18.8. The second-order valence-corrected chi connectivity index (χ2v) is 9.64. The molecule has 1 aromatic heterocycles. The molecule has 2 amide bonds. The molecule has 0 unspecified atom stereocenters. The van der Waals surface area contributed by atoms with Crippen LogP contribution < -0.4 is 9.64 Å². The Morgan fingerprint density at radius 2 is 1.82 bits per heavy atom. The number of hydrogen-bond donors (Lipinski definition) is 0. The zero-order chi connectivity index (χ0) is 23.5. The van der Waals surface area contributed by atoms with Crippen molar-refractivity contribution in [1.82, 2.24) is 4.90 Å². The first-order valence-electron chi connectivity index (χ1n) is 11.3. The number of hydrogen-bond acceptors (Lipinski definition) is 4. The van der Waals surface area contributed by atoms with Crippen LogP contribution in [0.25, 0.3) is 0 Å². The van der Waals surface area contributed by atoms with E-state index in [2.05, 4.69) is 13.8 Å². The molecule has 172 valence electrons. The van der Waals surface area contributed by atoms with Crippen molar-refractivity contribution < 1.29 is 14.3 Å². The molecule has 0 radical (unpaired) electrons. The van der Waals surface area contributed by atoms with Gasteiger partial charge >= 0.3 is 0 Å². The summed E-state index contributed by atoms with van der Waals surface area (Å²) < 4.78 is 5.29. The van der Waals surface area contributed by atoms with Gasteiger partial charge in [0.15, 0.2) is 0 Å². The van der Waals surface area contributed by atoms with Crippen LogP contribution in [0.3, 0.4) is 0 Å². The van der Waals surface area contributed by atoms with Crippen molar-refractivity contribution in [2.75, 3.05) is 25.1 Å². The zero-order valence-corrected chi connectivity index (χ0v) is 20.3. The van der Waals surface area contributed by atoms with Crippen LogP contribution in [0.2, 0.25) is 0 Å². The molecule has 33 heavy (non-hydrogen) atoms. The molecule has 1 aliphatic rings. The van der Waals surface area contributed by atoms with E-state index in [-0.39, 0.29) is 23.8 Å². The molecule has 2 heterocycles. The summed E-state index contributed by atoms with van der Waals surface area (Å²) in [5.74, 6) is 0.527. The van der Waals surface area contributed by atoms with E-state index in [1.54, 1.807) is 18.4 Å². The fraction of sp³-hybridized carbons (Fsp3) is 0.333. The Bertz CT molecular complexity index is 1110. The van der Waals surface area contributed by atoms with Crippen LogP contribution >= 0.6 is 11.3 Å². The normalized spacial score (nSPS) is 17.7. The van der Waals surface area contributed by atoms with E-state index in [4.69, 9.17) is 4.74 Å². The number of ether oxygens (including phenoxy) is 1. The number of anilines is 1. The number of carbonyl (C=O) groups excluding carboxylic acids is 2. The van der Waals surface area contributed by atoms with Crippen LogP contribution in [0.5, 0.6) is 5.75 Å². The lowest BCUT2D eigenvalue weighted by Gasteiger charge is -2.43. The monoisotopic (exact) mass is 462 g/mol. The molecule has 0 saturated carbocycles. The summed E-state index contributed by atoms with van der Waals surface area (Å²) >= 11 is 1.60. The van der Waals surface area contributed by atoms with Crippen LogP contribution in [-0.2, 0) is 4.79 Å². The highest BCUT2D eigenvalue weighted by Crippen LogP contribution is 2.45. The van der Waals surface area contributed by atoms with Gasteiger partial charge in [0.25, 0.3) is 5.91 Å². The molecular weight excluding hydrogens is 432 g/mol. The number of methoxy groups -OCH3 is 1. The van der Waals surface area contributed by atoms with E-state index < -0.39 is 5.92 Å². The van der Waals surface area contributed by atoms with Gasteiger partial charge in [0, 0.05) is 29.2 Å². The summed E-state index contributed by atoms with van der Waals surface area (Å²) in [4.78, 5) is 32.6. The Labute approximate surface area is 199 Å². The summed E-state index contributed by atoms with van der Waals surface area (Å²) in [6.45, 7) is 7.30. The topological polar surface area (TPSA) is 49.9 Å². The first kappa shape index (κ1) is 23.1. The third-order valence-corrected chi connectivity index (χ3v) is 7.01. The van der Waals surface area contributed by atoms with Gasteiger partial charge in [0.05, 0.1) is 19.1 Å². The standard InChI is InChI=1S/C27H30N2O3S/c1-5-28(19-12-14-20(32-4)15-13-19)27(31)24-21-9-6-7-10-22(21)26(30)29(17-18(2)3)25(24)23-11-8-16-33-23/h6-16,18,24-25H,5,17H2,1-4H3/t24-,25-/m0/s1. The van der Waals surface area contributed by atoms with Crippen molar-refractivity contribution >= 4 is 28.8 Å². The molecule has 4 rings (SSSR count). The zero-order valence-electron chi connectivity index (χ0n) is 19.5. The Morgan fingerprint density at radius 1 is 1.09 bits per heavy atom. The number of likely N-dealkylation sites (N-methyl/N-ethyl adjacent to an activating group) is 1. The second-order valence-electron chi connectivity index (χ2n) is 8.66. The summed E-state index contributed by atoms with van der Waals surface area (Å²) in [5, 5.41) is 2.01. The second kappa shape index (κ2) is 9.79. The molecule has 2 aromatic carbocycles. The number of rotatable bonds is 7. The quantitative estimate of drug-likeness (QED) is 0.449. The molecule has 0 N–H and O–H groups in total. The first-order valence-corrected chi connectivity index (χ1v) is 12.2. The average molecular weight is 463 g/mol. The summed E-state index contributed by atoms with van der Waals surface area (Å²) in [6.07, 6.45) is 0. The van der Waals surface area contributed by atoms with Crippen LogP contribution in [0.1, 0.15) is 53.5 Å². The molecule has 0 saturated heterocycles. The average Bonchev–Trinajstić information content (AvgIpc) is 3.36. The Kier molecular flexibility index (Phi) is 6.84. The van der Waals surface area contributed by atoms with E-state index in [1.807, 2.05) is 82.8 Å². The Morgan fingerprint density at radius 3 is 2.42 bits per heavy atom. The smallest absolute Gasteiger partial charge is 0.254 e. The molecule has 0 aliphatic carbocycles. The largest absolute Gasteiger partial charge is 0.497 e. The highest BCUT2D eigenvalue weighted by molar-refractivity contribution is 7.10. The third kappa shape index (κ3) is 4.40. The number of thiophene rings is 1. The van der Waals surface area contributed by atoms with Crippen LogP contribution in [0.15, 0.2) is 66.0 Å². The number of nitrogens with zero attached hydrogens (tertiary/aromatic N) is 2. The molecule has 5 nitrogen and oxygen atoms in total. The van der Waals surface area contributed by atoms with Gasteiger partial charge in [-0.1, -0.05) is 38.1 Å². The molecule has 3 aromatic rings. The molecule has 6 heteroatoms. The lowest BCUT2D eigenvalue weighted by atomic mass is 9.80. The predicted octanol–water partition coefficient (Wildman–Crippen LogP) is 5.75. The van der Waals surface area contributed by atoms with Crippen molar-refractivity contribution in [2.45, 2.75) is 32.7 Å². The highest BCUT2D eigenvalue weighted by Gasteiger charge is 2.46. The predicted molar refractivity (Wildman–Crippen MR) is 133 cm³/mol. The van der Waals surface area contributed by atoms with E-state index >= 15 is 0 Å². The minimum absolute atomic E-state index is 0.00484. The Hall–Kier alpha value is -3.12. The minimum Gasteiger partial charge on any atom is -0.497 e. The van der Waals surface area contributed by atoms with Crippen molar-refractivity contribution in [3.63, 3.8) is 0 Å². The van der Waals surface area contributed by atoms with Gasteiger partial charge in [-0.2, -0.15) is 0 Å². The maximum absolute atomic E-state index is 14.3. The SMILES string of the molecule is CCN(C(=O)[C@H]1c2ccccc2C(=O)N(CC(C)C)[C@H]1c1cccs1)c1ccc(OC)cc1. The van der Waals surface area contributed by atoms with E-state index in [1.165, 1.54) is 0 Å². The van der Waals surface area contributed by atoms with E-state index in [0.29, 0.717) is 18.7 Å². The number of fused-ring (bicyclic) bond motifs is 1. The fourth-order valence-electron chi connectivity index (χ4n) is 4.63. The molecule has 0 spiro atoms. The molecule has 0 bridgehead atoms. The molecule has 1 aliphatic heterocycles. The first-order chi connectivity index (χ1) is 16.0. The van der Waals surface area contributed by atoms with Gasteiger partial charge in [0.2, 0.25) is 5.91 Å². The van der Waals surface area contributed by atoms with Gasteiger partial charge in [-0.3, -0.25) is 9.59 Å². The van der Waals surface area contributed by atoms with E-state index in [0.717, 1.165) is 21.9 Å². The maximum atomic E-state index is 14.3. The van der Waals surface area contributed by atoms with Crippen molar-refractivity contribution in [3.05, 3.63) is 82.0 Å². The van der Waals surface area contributed by atoms with Crippen LogP contribution in [0.4, 0.5) is 5.69 Å². The minimum atomic E-state index is -0.488. The van der Waals surface area contributed by atoms with Crippen LogP contribution in [-0.4, -0.2) is 36.9 Å². The maximum Gasteiger partial charge on any atom is 0.254 e. The molecule has 2 atom stereocenters. The summed E-state index contributed by atoms with van der Waals surface area (Å²) in [7, 11) is 1.63. The lowest BCUT2D eigenvalue weighted by molar-refractivity contribution is -0.121. The molecular formula is C27H30N2O3S. The summed E-state index contributed by atoms with van der Waals surface area (Å²) in [5.41, 5.74) is 2.24. The van der Waals surface area contributed by atoms with Gasteiger partial charge in [0.1, 0.15) is 5.75 Å². The number of carbonyl (C=O) groups is 2. The van der Waals surface area contributed by atoms with E-state index in [9.17, 15) is 9.59 Å². The number of benzene rings is 2. The fourth-order valence-corrected chi connectivity index (χ4v) is 5.50. The highest BCUT2D eigenvalue weighted by atomic mass is 32.1. The van der Waals surface area contributed by atoms with Gasteiger partial charge in [-0.15, -0.1) is 11.3 Å². The number of amides is 2.